The summed E-state index contributed by atoms with van der Waals surface area (Å²) in [7, 11) is 0. The number of nitrogens with one attached hydrogen (secondary N) is 1. The van der Waals surface area contributed by atoms with E-state index >= 15 is 0 Å². The van der Waals surface area contributed by atoms with E-state index < -0.39 is 0 Å². The van der Waals surface area contributed by atoms with Gasteiger partial charge in [0.1, 0.15) is 0 Å². The van der Waals surface area contributed by atoms with Gasteiger partial charge < -0.3 is 10.2 Å². The molecule has 1 aromatic carbocycles. The van der Waals surface area contributed by atoms with Crippen molar-refractivity contribution in [2.75, 3.05) is 37.6 Å². The second-order valence-electron chi connectivity index (χ2n) is 6.71. The maximum atomic E-state index is 12.4. The highest BCUT2D eigenvalue weighted by atomic mass is 32.1. The highest BCUT2D eigenvalue weighted by molar-refractivity contribution is 7.13. The standard InChI is InChI=1S/C19H26N4OS/c1-14-4-5-17(12-15(14)2)16(3)21-18(24)13-22-7-9-23(10-8-22)19-20-6-11-25-19/h4-6,11-12,16H,7-10,13H2,1-3H3,(H,21,24)/t16-/m0/s1. The Balaban J connectivity index is 1.47. The third kappa shape index (κ3) is 4.58. The number of hydrogen-bond acceptors (Lipinski definition) is 5. The minimum absolute atomic E-state index is 0.0309. The third-order valence-electron chi connectivity index (χ3n) is 4.84. The van der Waals surface area contributed by atoms with E-state index in [4.69, 9.17) is 0 Å². The first-order valence-electron chi connectivity index (χ1n) is 8.76. The lowest BCUT2D eigenvalue weighted by atomic mass is 10.0. The van der Waals surface area contributed by atoms with Gasteiger partial charge in [-0.05, 0) is 37.5 Å². The first-order valence-corrected chi connectivity index (χ1v) is 9.64. The van der Waals surface area contributed by atoms with Crippen molar-refractivity contribution in [1.82, 2.24) is 15.2 Å². The zero-order chi connectivity index (χ0) is 17.8. The molecule has 0 unspecified atom stereocenters. The molecule has 5 nitrogen and oxygen atoms in total. The third-order valence-corrected chi connectivity index (χ3v) is 5.67. The number of rotatable bonds is 5. The SMILES string of the molecule is Cc1ccc([C@H](C)NC(=O)CN2CCN(c3nccs3)CC2)cc1C. The number of piperazine rings is 1. The molecule has 1 aliphatic heterocycles. The fraction of sp³-hybridized carbons (Fsp3) is 0.474. The zero-order valence-electron chi connectivity index (χ0n) is 15.2. The topological polar surface area (TPSA) is 48.5 Å². The molecule has 1 atom stereocenters. The molecule has 0 radical (unpaired) electrons. The Hall–Kier alpha value is -1.92. The first kappa shape index (κ1) is 17.9. The van der Waals surface area contributed by atoms with Crippen LogP contribution in [0.4, 0.5) is 5.13 Å². The normalized spacial score (nSPS) is 16.7. The Kier molecular flexibility index (Phi) is 5.71. The van der Waals surface area contributed by atoms with E-state index in [9.17, 15) is 4.79 Å². The second kappa shape index (κ2) is 7.97. The van der Waals surface area contributed by atoms with Crippen molar-refractivity contribution in [3.8, 4) is 0 Å². The molecule has 0 bridgehead atoms. The lowest BCUT2D eigenvalue weighted by Gasteiger charge is -2.34. The van der Waals surface area contributed by atoms with Crippen LogP contribution in [0.3, 0.4) is 0 Å². The molecule has 0 saturated carbocycles. The number of thiazole rings is 1. The van der Waals surface area contributed by atoms with Crippen LogP contribution in [0.5, 0.6) is 0 Å². The summed E-state index contributed by atoms with van der Waals surface area (Å²) in [5.41, 5.74) is 3.70. The molecule has 1 N–H and O–H groups in total. The summed E-state index contributed by atoms with van der Waals surface area (Å²) in [6, 6.07) is 6.40. The number of anilines is 1. The molecule has 134 valence electrons. The summed E-state index contributed by atoms with van der Waals surface area (Å²) >= 11 is 1.67. The van der Waals surface area contributed by atoms with Crippen molar-refractivity contribution in [3.05, 3.63) is 46.5 Å². The number of amides is 1. The minimum atomic E-state index is 0.0309. The van der Waals surface area contributed by atoms with Crippen LogP contribution in [0.2, 0.25) is 0 Å². The molecule has 1 saturated heterocycles. The van der Waals surface area contributed by atoms with E-state index in [0.717, 1.165) is 36.9 Å². The molecule has 1 aromatic heterocycles. The predicted molar refractivity (Wildman–Crippen MR) is 103 cm³/mol. The van der Waals surface area contributed by atoms with E-state index in [1.165, 1.54) is 11.1 Å². The molecule has 2 heterocycles. The van der Waals surface area contributed by atoms with E-state index in [1.807, 2.05) is 18.5 Å². The quantitative estimate of drug-likeness (QED) is 0.893. The van der Waals surface area contributed by atoms with Crippen LogP contribution in [0.25, 0.3) is 0 Å². The van der Waals surface area contributed by atoms with Crippen molar-refractivity contribution in [1.29, 1.82) is 0 Å². The molecule has 25 heavy (non-hydrogen) atoms. The van der Waals surface area contributed by atoms with Gasteiger partial charge in [0.25, 0.3) is 0 Å². The molecular formula is C19H26N4OS. The summed E-state index contributed by atoms with van der Waals surface area (Å²) in [5.74, 6) is 0.0911. The van der Waals surface area contributed by atoms with Gasteiger partial charge in [-0.2, -0.15) is 0 Å². The van der Waals surface area contributed by atoms with Gasteiger partial charge >= 0.3 is 0 Å². The Morgan fingerprint density at radius 3 is 2.64 bits per heavy atom. The van der Waals surface area contributed by atoms with E-state index in [-0.39, 0.29) is 11.9 Å². The van der Waals surface area contributed by atoms with Crippen LogP contribution >= 0.6 is 11.3 Å². The smallest absolute Gasteiger partial charge is 0.234 e. The molecule has 1 aliphatic rings. The zero-order valence-corrected chi connectivity index (χ0v) is 16.0. The van der Waals surface area contributed by atoms with Crippen LogP contribution in [0, 0.1) is 13.8 Å². The van der Waals surface area contributed by atoms with Gasteiger partial charge in [0.2, 0.25) is 5.91 Å². The van der Waals surface area contributed by atoms with Crippen molar-refractivity contribution >= 4 is 22.4 Å². The van der Waals surface area contributed by atoms with Crippen LogP contribution in [0.15, 0.2) is 29.8 Å². The van der Waals surface area contributed by atoms with Gasteiger partial charge in [-0.25, -0.2) is 4.98 Å². The summed E-state index contributed by atoms with van der Waals surface area (Å²) in [6.45, 7) is 10.4. The molecular weight excluding hydrogens is 332 g/mol. The predicted octanol–water partition coefficient (Wildman–Crippen LogP) is 2.76. The number of carbonyl (C=O) groups excluding carboxylic acids is 1. The summed E-state index contributed by atoms with van der Waals surface area (Å²) in [4.78, 5) is 21.2. The molecule has 1 amide bonds. The van der Waals surface area contributed by atoms with Gasteiger partial charge in [0.15, 0.2) is 5.13 Å². The average molecular weight is 359 g/mol. The molecule has 1 fully saturated rings. The van der Waals surface area contributed by atoms with Gasteiger partial charge in [0, 0.05) is 37.8 Å². The number of benzene rings is 1. The molecule has 0 aliphatic carbocycles. The van der Waals surface area contributed by atoms with Crippen LogP contribution in [-0.4, -0.2) is 48.5 Å². The van der Waals surface area contributed by atoms with Crippen LogP contribution in [0.1, 0.15) is 29.7 Å². The summed E-state index contributed by atoms with van der Waals surface area (Å²) in [6.07, 6.45) is 1.84. The van der Waals surface area contributed by atoms with Crippen LogP contribution < -0.4 is 10.2 Å². The Morgan fingerprint density at radius 2 is 2.00 bits per heavy atom. The van der Waals surface area contributed by atoms with Gasteiger partial charge in [-0.15, -0.1) is 11.3 Å². The highest BCUT2D eigenvalue weighted by Crippen LogP contribution is 2.19. The lowest BCUT2D eigenvalue weighted by molar-refractivity contribution is -0.123. The van der Waals surface area contributed by atoms with Crippen molar-refractivity contribution in [2.24, 2.45) is 0 Å². The number of aromatic nitrogens is 1. The Bertz CT molecular complexity index is 708. The highest BCUT2D eigenvalue weighted by Gasteiger charge is 2.21. The largest absolute Gasteiger partial charge is 0.348 e. The van der Waals surface area contributed by atoms with E-state index in [1.54, 1.807) is 11.3 Å². The van der Waals surface area contributed by atoms with Crippen molar-refractivity contribution in [2.45, 2.75) is 26.8 Å². The fourth-order valence-electron chi connectivity index (χ4n) is 3.08. The number of nitrogens with zero attached hydrogens (tertiary/aromatic N) is 3. The minimum Gasteiger partial charge on any atom is -0.348 e. The van der Waals surface area contributed by atoms with E-state index in [0.29, 0.717) is 6.54 Å². The van der Waals surface area contributed by atoms with Crippen molar-refractivity contribution < 1.29 is 4.79 Å². The van der Waals surface area contributed by atoms with Crippen molar-refractivity contribution in [3.63, 3.8) is 0 Å². The van der Waals surface area contributed by atoms with Gasteiger partial charge in [-0.1, -0.05) is 18.2 Å². The molecule has 2 aromatic rings. The summed E-state index contributed by atoms with van der Waals surface area (Å²) in [5, 5.41) is 6.20. The average Bonchev–Trinajstić information content (AvgIpc) is 3.12. The fourth-order valence-corrected chi connectivity index (χ4v) is 3.77. The molecule has 6 heteroatoms. The lowest BCUT2D eigenvalue weighted by Crippen LogP contribution is -2.49. The number of hydrogen-bond donors (Lipinski definition) is 1. The maximum Gasteiger partial charge on any atom is 0.234 e. The second-order valence-corrected chi connectivity index (χ2v) is 7.58. The van der Waals surface area contributed by atoms with E-state index in [2.05, 4.69) is 52.1 Å². The summed E-state index contributed by atoms with van der Waals surface area (Å²) < 4.78 is 0. The molecule has 3 rings (SSSR count). The Labute approximate surface area is 153 Å². The van der Waals surface area contributed by atoms with Gasteiger partial charge in [0.05, 0.1) is 12.6 Å². The number of aryl methyl sites for hydroxylation is 2. The maximum absolute atomic E-state index is 12.4. The monoisotopic (exact) mass is 358 g/mol. The number of carbonyl (C=O) groups is 1. The Morgan fingerprint density at radius 1 is 1.24 bits per heavy atom. The van der Waals surface area contributed by atoms with Gasteiger partial charge in [-0.3, -0.25) is 9.69 Å². The molecule has 0 spiro atoms. The van der Waals surface area contributed by atoms with Crippen LogP contribution in [-0.2, 0) is 4.79 Å². The first-order chi connectivity index (χ1) is 12.0.